The van der Waals surface area contributed by atoms with E-state index in [1.807, 2.05) is 0 Å². The highest BCUT2D eigenvalue weighted by molar-refractivity contribution is 5.80. The third-order valence-electron chi connectivity index (χ3n) is 2.75. The van der Waals surface area contributed by atoms with E-state index in [1.165, 1.54) is 31.2 Å². The lowest BCUT2D eigenvalue weighted by molar-refractivity contribution is -0.385. The van der Waals surface area contributed by atoms with Gasteiger partial charge < -0.3 is 15.2 Å². The number of aliphatic hydroxyl groups excluding tert-OH is 1. The number of benzene rings is 1. The highest BCUT2D eigenvalue weighted by Gasteiger charge is 2.19. The number of nitro benzene ring substituents is 1. The largest absolute Gasteiger partial charge is 0.481 e. The number of non-ortho nitro benzene ring substituents is 1. The maximum Gasteiger partial charge on any atom is 0.270 e. The topological polar surface area (TPSA) is 102 Å². The van der Waals surface area contributed by atoms with Crippen LogP contribution in [0.15, 0.2) is 30.9 Å². The lowest BCUT2D eigenvalue weighted by Gasteiger charge is -2.18. The molecule has 0 saturated heterocycles. The Bertz CT molecular complexity index is 542. The van der Waals surface area contributed by atoms with E-state index in [2.05, 4.69) is 11.9 Å². The van der Waals surface area contributed by atoms with Gasteiger partial charge in [-0.05, 0) is 19.9 Å². The molecule has 7 nitrogen and oxygen atoms in total. The molecule has 1 rings (SSSR count). The highest BCUT2D eigenvalue weighted by atomic mass is 16.6. The van der Waals surface area contributed by atoms with E-state index >= 15 is 0 Å². The molecule has 2 unspecified atom stereocenters. The summed E-state index contributed by atoms with van der Waals surface area (Å²) >= 11 is 0. The standard InChI is InChI=1S/C14H18N2O5/c1-4-7-15-14(18)10(3)21-13-6-5-11(16(19)20)8-12(13)9(2)17/h4-6,8-10,17H,1,7H2,2-3H3,(H,15,18). The van der Waals surface area contributed by atoms with Crippen LogP contribution in [0.2, 0.25) is 0 Å². The van der Waals surface area contributed by atoms with Gasteiger partial charge in [-0.25, -0.2) is 0 Å². The number of hydrogen-bond donors (Lipinski definition) is 2. The van der Waals surface area contributed by atoms with Gasteiger partial charge in [-0.2, -0.15) is 0 Å². The van der Waals surface area contributed by atoms with Crippen LogP contribution in [0, 0.1) is 10.1 Å². The Morgan fingerprint density at radius 1 is 1.57 bits per heavy atom. The quantitative estimate of drug-likeness (QED) is 0.453. The molecule has 0 fully saturated rings. The Kier molecular flexibility index (Phi) is 5.86. The molecule has 1 aromatic rings. The zero-order valence-corrected chi connectivity index (χ0v) is 11.9. The van der Waals surface area contributed by atoms with Crippen molar-refractivity contribution in [1.29, 1.82) is 0 Å². The van der Waals surface area contributed by atoms with Crippen molar-refractivity contribution < 1.29 is 19.6 Å². The number of ether oxygens (including phenoxy) is 1. The van der Waals surface area contributed by atoms with Gasteiger partial charge in [-0.1, -0.05) is 6.08 Å². The fourth-order valence-corrected chi connectivity index (χ4v) is 1.64. The highest BCUT2D eigenvalue weighted by Crippen LogP contribution is 2.30. The number of nitrogens with zero attached hydrogens (tertiary/aromatic N) is 1. The Labute approximate surface area is 122 Å². The van der Waals surface area contributed by atoms with Gasteiger partial charge in [-0.15, -0.1) is 6.58 Å². The molecule has 1 amide bonds. The first-order valence-electron chi connectivity index (χ1n) is 6.38. The number of hydrogen-bond acceptors (Lipinski definition) is 5. The van der Waals surface area contributed by atoms with Gasteiger partial charge in [0.2, 0.25) is 0 Å². The molecule has 7 heteroatoms. The summed E-state index contributed by atoms with van der Waals surface area (Å²) in [6.45, 7) is 6.82. The van der Waals surface area contributed by atoms with Crippen LogP contribution in [-0.4, -0.2) is 28.6 Å². The van der Waals surface area contributed by atoms with Crippen LogP contribution < -0.4 is 10.1 Å². The molecule has 21 heavy (non-hydrogen) atoms. The minimum absolute atomic E-state index is 0.151. The molecule has 1 aromatic carbocycles. The van der Waals surface area contributed by atoms with E-state index in [0.717, 1.165) is 0 Å². The average Bonchev–Trinajstić information content (AvgIpc) is 2.44. The summed E-state index contributed by atoms with van der Waals surface area (Å²) in [7, 11) is 0. The van der Waals surface area contributed by atoms with Crippen LogP contribution in [0.25, 0.3) is 0 Å². The van der Waals surface area contributed by atoms with Gasteiger partial charge in [0.25, 0.3) is 11.6 Å². The van der Waals surface area contributed by atoms with Crippen molar-refractivity contribution in [3.05, 3.63) is 46.5 Å². The van der Waals surface area contributed by atoms with E-state index < -0.39 is 17.1 Å². The third-order valence-corrected chi connectivity index (χ3v) is 2.75. The number of rotatable bonds is 7. The molecule has 0 aliphatic rings. The lowest BCUT2D eigenvalue weighted by Crippen LogP contribution is -2.36. The monoisotopic (exact) mass is 294 g/mol. The van der Waals surface area contributed by atoms with E-state index in [4.69, 9.17) is 4.74 Å². The van der Waals surface area contributed by atoms with Crippen molar-refractivity contribution in [2.45, 2.75) is 26.1 Å². The minimum atomic E-state index is -0.955. The van der Waals surface area contributed by atoms with Crippen molar-refractivity contribution in [2.24, 2.45) is 0 Å². The van der Waals surface area contributed by atoms with Crippen molar-refractivity contribution in [3.8, 4) is 5.75 Å². The number of aliphatic hydroxyl groups is 1. The second-order valence-corrected chi connectivity index (χ2v) is 4.45. The first-order valence-corrected chi connectivity index (χ1v) is 6.38. The molecule has 2 N–H and O–H groups in total. The Morgan fingerprint density at radius 3 is 2.76 bits per heavy atom. The van der Waals surface area contributed by atoms with Crippen LogP contribution in [-0.2, 0) is 4.79 Å². The van der Waals surface area contributed by atoms with Crippen molar-refractivity contribution in [2.75, 3.05) is 6.54 Å². The predicted octanol–water partition coefficient (Wildman–Crippen LogP) is 1.72. The average molecular weight is 294 g/mol. The normalized spacial score (nSPS) is 13.1. The fourth-order valence-electron chi connectivity index (χ4n) is 1.64. The predicted molar refractivity (Wildman–Crippen MR) is 77.0 cm³/mol. The molecule has 0 bridgehead atoms. The van der Waals surface area contributed by atoms with E-state index in [1.54, 1.807) is 6.92 Å². The number of nitro groups is 1. The summed E-state index contributed by atoms with van der Waals surface area (Å²) in [5.41, 5.74) is 0.106. The minimum Gasteiger partial charge on any atom is -0.481 e. The zero-order valence-electron chi connectivity index (χ0n) is 11.9. The molecule has 0 spiro atoms. The third kappa shape index (κ3) is 4.57. The van der Waals surface area contributed by atoms with Crippen LogP contribution in [0.4, 0.5) is 5.69 Å². The number of amides is 1. The van der Waals surface area contributed by atoms with E-state index in [9.17, 15) is 20.0 Å². The maximum atomic E-state index is 11.7. The van der Waals surface area contributed by atoms with Crippen molar-refractivity contribution in [1.82, 2.24) is 5.32 Å². The molecule has 0 aliphatic heterocycles. The van der Waals surface area contributed by atoms with Gasteiger partial charge in [0.1, 0.15) is 5.75 Å². The Hall–Kier alpha value is -2.41. The first-order chi connectivity index (χ1) is 9.86. The summed E-state index contributed by atoms with van der Waals surface area (Å²) in [5.74, 6) is -0.110. The molecule has 114 valence electrons. The van der Waals surface area contributed by atoms with Gasteiger partial charge in [0, 0.05) is 24.2 Å². The fraction of sp³-hybridized carbons (Fsp3) is 0.357. The maximum absolute atomic E-state index is 11.7. The van der Waals surface area contributed by atoms with Crippen LogP contribution in [0.3, 0.4) is 0 Å². The molecule has 0 aromatic heterocycles. The van der Waals surface area contributed by atoms with Gasteiger partial charge in [0.15, 0.2) is 6.10 Å². The van der Waals surface area contributed by atoms with Gasteiger partial charge >= 0.3 is 0 Å². The molecule has 0 aliphatic carbocycles. The number of carbonyl (C=O) groups excluding carboxylic acids is 1. The van der Waals surface area contributed by atoms with Crippen LogP contribution in [0.1, 0.15) is 25.5 Å². The number of carbonyl (C=O) groups is 1. The lowest BCUT2D eigenvalue weighted by atomic mass is 10.1. The zero-order chi connectivity index (χ0) is 16.0. The van der Waals surface area contributed by atoms with Gasteiger partial charge in [-0.3, -0.25) is 14.9 Å². The summed E-state index contributed by atoms with van der Waals surface area (Å²) in [6, 6.07) is 3.86. The van der Waals surface area contributed by atoms with Crippen molar-refractivity contribution >= 4 is 11.6 Å². The summed E-state index contributed by atoms with van der Waals surface area (Å²) < 4.78 is 5.47. The van der Waals surface area contributed by atoms with E-state index in [-0.39, 0.29) is 22.9 Å². The number of nitrogens with one attached hydrogen (secondary N) is 1. The molecule has 0 saturated carbocycles. The molecular weight excluding hydrogens is 276 g/mol. The Balaban J connectivity index is 2.94. The Morgan fingerprint density at radius 2 is 2.24 bits per heavy atom. The van der Waals surface area contributed by atoms with Crippen LogP contribution in [0.5, 0.6) is 5.75 Å². The summed E-state index contributed by atoms with van der Waals surface area (Å²) in [5, 5.41) is 23.0. The summed E-state index contributed by atoms with van der Waals surface area (Å²) in [4.78, 5) is 21.9. The molecule has 0 heterocycles. The second-order valence-electron chi connectivity index (χ2n) is 4.45. The van der Waals surface area contributed by atoms with Gasteiger partial charge in [0.05, 0.1) is 11.0 Å². The van der Waals surface area contributed by atoms with E-state index in [0.29, 0.717) is 6.54 Å². The van der Waals surface area contributed by atoms with Crippen molar-refractivity contribution in [3.63, 3.8) is 0 Å². The van der Waals surface area contributed by atoms with Crippen LogP contribution >= 0.6 is 0 Å². The second kappa shape index (κ2) is 7.39. The summed E-state index contributed by atoms with van der Waals surface area (Å²) in [6.07, 6.45) is -0.218. The SMILES string of the molecule is C=CCNC(=O)C(C)Oc1ccc([N+](=O)[O-])cc1C(C)O. The first kappa shape index (κ1) is 16.6. The molecule has 2 atom stereocenters. The molecule has 0 radical (unpaired) electrons. The molecular formula is C14H18N2O5. The smallest absolute Gasteiger partial charge is 0.270 e.